The molecule has 0 saturated carbocycles. The standard InChI is InChI=1S/C11H14ClNO2S/c12-10-6-8(13)3-4-11(10)16(14)9-2-1-5-15-7-9/h3-4,6,9H,1-2,5,7,13H2. The molecule has 0 aromatic heterocycles. The molecule has 16 heavy (non-hydrogen) atoms. The maximum atomic E-state index is 12.2. The quantitative estimate of drug-likeness (QED) is 0.829. The SMILES string of the molecule is Nc1ccc(S(=O)C2CCCOC2)c(Cl)c1. The number of anilines is 1. The van der Waals surface area contributed by atoms with Crippen LogP contribution in [-0.2, 0) is 15.5 Å². The molecule has 1 heterocycles. The smallest absolute Gasteiger partial charge is 0.0629 e. The molecular formula is C11H14ClNO2S. The molecule has 5 heteroatoms. The summed E-state index contributed by atoms with van der Waals surface area (Å²) < 4.78 is 17.6. The van der Waals surface area contributed by atoms with Crippen molar-refractivity contribution in [2.75, 3.05) is 18.9 Å². The van der Waals surface area contributed by atoms with Crippen LogP contribution in [-0.4, -0.2) is 22.7 Å². The zero-order chi connectivity index (χ0) is 11.5. The molecule has 2 N–H and O–H groups in total. The van der Waals surface area contributed by atoms with E-state index in [0.29, 0.717) is 22.2 Å². The van der Waals surface area contributed by atoms with E-state index in [-0.39, 0.29) is 5.25 Å². The van der Waals surface area contributed by atoms with Gasteiger partial charge in [0.15, 0.2) is 0 Å². The van der Waals surface area contributed by atoms with Gasteiger partial charge in [-0.25, -0.2) is 0 Å². The first kappa shape index (κ1) is 11.9. The van der Waals surface area contributed by atoms with E-state index >= 15 is 0 Å². The van der Waals surface area contributed by atoms with E-state index in [9.17, 15) is 4.21 Å². The number of nitrogen functional groups attached to an aromatic ring is 1. The number of nitrogens with two attached hydrogens (primary N) is 1. The van der Waals surface area contributed by atoms with Gasteiger partial charge in [-0.05, 0) is 31.0 Å². The van der Waals surface area contributed by atoms with Gasteiger partial charge in [0.05, 0.1) is 32.6 Å². The van der Waals surface area contributed by atoms with Crippen LogP contribution in [0.5, 0.6) is 0 Å². The van der Waals surface area contributed by atoms with Crippen molar-refractivity contribution in [3.8, 4) is 0 Å². The Balaban J connectivity index is 2.19. The first-order valence-electron chi connectivity index (χ1n) is 5.22. The maximum absolute atomic E-state index is 12.2. The van der Waals surface area contributed by atoms with E-state index < -0.39 is 10.8 Å². The molecule has 0 bridgehead atoms. The highest BCUT2D eigenvalue weighted by molar-refractivity contribution is 7.85. The fraction of sp³-hybridized carbons (Fsp3) is 0.455. The van der Waals surface area contributed by atoms with Crippen molar-refractivity contribution in [2.45, 2.75) is 23.0 Å². The van der Waals surface area contributed by atoms with Crippen LogP contribution in [0.25, 0.3) is 0 Å². The highest BCUT2D eigenvalue weighted by Gasteiger charge is 2.23. The van der Waals surface area contributed by atoms with Gasteiger partial charge in [0.1, 0.15) is 0 Å². The highest BCUT2D eigenvalue weighted by atomic mass is 35.5. The summed E-state index contributed by atoms with van der Waals surface area (Å²) in [5.74, 6) is 0. The number of hydrogen-bond donors (Lipinski definition) is 1. The molecule has 1 aromatic carbocycles. The lowest BCUT2D eigenvalue weighted by molar-refractivity contribution is 0.100. The largest absolute Gasteiger partial charge is 0.399 e. The summed E-state index contributed by atoms with van der Waals surface area (Å²) in [5, 5.41) is 0.527. The van der Waals surface area contributed by atoms with Gasteiger partial charge >= 0.3 is 0 Å². The number of ether oxygens (including phenoxy) is 1. The summed E-state index contributed by atoms with van der Waals surface area (Å²) in [6.07, 6.45) is 1.89. The molecule has 1 aliphatic heterocycles. The van der Waals surface area contributed by atoms with Crippen molar-refractivity contribution >= 4 is 28.1 Å². The summed E-state index contributed by atoms with van der Waals surface area (Å²) in [5.41, 5.74) is 6.19. The summed E-state index contributed by atoms with van der Waals surface area (Å²) in [6, 6.07) is 5.10. The van der Waals surface area contributed by atoms with Gasteiger partial charge in [0.2, 0.25) is 0 Å². The average molecular weight is 260 g/mol. The van der Waals surface area contributed by atoms with E-state index in [1.54, 1.807) is 18.2 Å². The van der Waals surface area contributed by atoms with Crippen LogP contribution in [0.3, 0.4) is 0 Å². The van der Waals surface area contributed by atoms with Crippen molar-refractivity contribution in [2.24, 2.45) is 0 Å². The minimum absolute atomic E-state index is 0.0508. The lowest BCUT2D eigenvalue weighted by Gasteiger charge is -2.21. The Bertz CT molecular complexity index is 405. The molecule has 1 aromatic rings. The Kier molecular flexibility index (Phi) is 3.84. The van der Waals surface area contributed by atoms with Crippen molar-refractivity contribution < 1.29 is 8.95 Å². The summed E-state index contributed by atoms with van der Waals surface area (Å²) >= 11 is 6.03. The second-order valence-corrected chi connectivity index (χ2v) is 5.93. The Labute approximate surface area is 102 Å². The Morgan fingerprint density at radius 2 is 2.31 bits per heavy atom. The zero-order valence-electron chi connectivity index (χ0n) is 8.82. The van der Waals surface area contributed by atoms with E-state index in [4.69, 9.17) is 22.1 Å². The fourth-order valence-electron chi connectivity index (χ4n) is 1.74. The van der Waals surface area contributed by atoms with Gasteiger partial charge in [-0.1, -0.05) is 11.6 Å². The van der Waals surface area contributed by atoms with Crippen LogP contribution in [0.1, 0.15) is 12.8 Å². The summed E-state index contributed by atoms with van der Waals surface area (Å²) in [4.78, 5) is 0.659. The van der Waals surface area contributed by atoms with E-state index in [2.05, 4.69) is 0 Å². The van der Waals surface area contributed by atoms with Crippen LogP contribution < -0.4 is 5.73 Å². The van der Waals surface area contributed by atoms with Crippen LogP contribution in [0.15, 0.2) is 23.1 Å². The number of halogens is 1. The minimum Gasteiger partial charge on any atom is -0.399 e. The molecular weight excluding hydrogens is 246 g/mol. The predicted octanol–water partition coefficient (Wildman–Crippen LogP) is 2.21. The molecule has 2 rings (SSSR count). The molecule has 1 fully saturated rings. The summed E-state index contributed by atoms with van der Waals surface area (Å²) in [7, 11) is -1.10. The zero-order valence-corrected chi connectivity index (χ0v) is 10.4. The van der Waals surface area contributed by atoms with Crippen molar-refractivity contribution in [3.63, 3.8) is 0 Å². The molecule has 2 atom stereocenters. The molecule has 1 saturated heterocycles. The molecule has 88 valence electrons. The van der Waals surface area contributed by atoms with E-state index in [1.165, 1.54) is 0 Å². The topological polar surface area (TPSA) is 52.3 Å². The molecule has 2 unspecified atom stereocenters. The Hall–Kier alpha value is -0.580. The lowest BCUT2D eigenvalue weighted by atomic mass is 10.2. The number of hydrogen-bond acceptors (Lipinski definition) is 3. The summed E-state index contributed by atoms with van der Waals surface area (Å²) in [6.45, 7) is 1.32. The van der Waals surface area contributed by atoms with Gasteiger partial charge in [-0.15, -0.1) is 0 Å². The maximum Gasteiger partial charge on any atom is 0.0629 e. The molecule has 0 amide bonds. The third kappa shape index (κ3) is 2.56. The van der Waals surface area contributed by atoms with Crippen LogP contribution in [0.2, 0.25) is 5.02 Å². The average Bonchev–Trinajstić information content (AvgIpc) is 2.29. The van der Waals surface area contributed by atoms with Crippen LogP contribution in [0, 0.1) is 0 Å². The van der Waals surface area contributed by atoms with E-state index in [0.717, 1.165) is 19.4 Å². The number of rotatable bonds is 2. The molecule has 0 radical (unpaired) electrons. The highest BCUT2D eigenvalue weighted by Crippen LogP contribution is 2.26. The molecule has 0 spiro atoms. The van der Waals surface area contributed by atoms with Gasteiger partial charge in [-0.3, -0.25) is 4.21 Å². The minimum atomic E-state index is -1.10. The van der Waals surface area contributed by atoms with Gasteiger partial charge in [0.25, 0.3) is 0 Å². The first-order chi connectivity index (χ1) is 7.68. The van der Waals surface area contributed by atoms with Gasteiger partial charge in [0, 0.05) is 12.3 Å². The monoisotopic (exact) mass is 259 g/mol. The van der Waals surface area contributed by atoms with Gasteiger partial charge < -0.3 is 10.5 Å². The fourth-order valence-corrected chi connectivity index (χ4v) is 3.57. The third-order valence-corrected chi connectivity index (χ3v) is 4.79. The van der Waals surface area contributed by atoms with Crippen molar-refractivity contribution in [1.29, 1.82) is 0 Å². The predicted molar refractivity (Wildman–Crippen MR) is 66.1 cm³/mol. The van der Waals surface area contributed by atoms with Gasteiger partial charge in [-0.2, -0.15) is 0 Å². The van der Waals surface area contributed by atoms with Crippen LogP contribution in [0.4, 0.5) is 5.69 Å². The first-order valence-corrected chi connectivity index (χ1v) is 6.81. The van der Waals surface area contributed by atoms with E-state index in [1.807, 2.05) is 0 Å². The van der Waals surface area contributed by atoms with Crippen molar-refractivity contribution in [3.05, 3.63) is 23.2 Å². The second kappa shape index (κ2) is 5.17. The Morgan fingerprint density at radius 1 is 1.50 bits per heavy atom. The molecule has 0 aliphatic carbocycles. The van der Waals surface area contributed by atoms with Crippen LogP contribution >= 0.6 is 11.6 Å². The second-order valence-electron chi connectivity index (χ2n) is 3.83. The van der Waals surface area contributed by atoms with Crippen molar-refractivity contribution in [1.82, 2.24) is 0 Å². The number of benzene rings is 1. The molecule has 1 aliphatic rings. The third-order valence-electron chi connectivity index (χ3n) is 2.59. The lowest BCUT2D eigenvalue weighted by Crippen LogP contribution is -2.27. The molecule has 3 nitrogen and oxygen atoms in total. The Morgan fingerprint density at radius 3 is 2.94 bits per heavy atom. The normalized spacial score (nSPS) is 22.9.